The van der Waals surface area contributed by atoms with E-state index in [0.29, 0.717) is 23.2 Å². The number of nitrogens with zero attached hydrogens (tertiary/aromatic N) is 1. The second kappa shape index (κ2) is 8.44. The lowest BCUT2D eigenvalue weighted by molar-refractivity contribution is -0.118. The molecule has 0 bridgehead atoms. The van der Waals surface area contributed by atoms with Gasteiger partial charge in [0.2, 0.25) is 0 Å². The molecule has 0 spiro atoms. The van der Waals surface area contributed by atoms with Crippen molar-refractivity contribution < 1.29 is 18.7 Å². The summed E-state index contributed by atoms with van der Waals surface area (Å²) in [6.07, 6.45) is 0. The highest BCUT2D eigenvalue weighted by atomic mass is 32.1. The first-order valence-electron chi connectivity index (χ1n) is 8.01. The number of hydrogen-bond acceptors (Lipinski definition) is 5. The molecule has 1 amide bonds. The third-order valence-electron chi connectivity index (χ3n) is 3.40. The molecular formula is C19H17FN2O3S. The van der Waals surface area contributed by atoms with Crippen LogP contribution in [-0.2, 0) is 4.79 Å². The Morgan fingerprint density at radius 2 is 1.73 bits per heavy atom. The van der Waals surface area contributed by atoms with Crippen LogP contribution in [0.15, 0.2) is 53.9 Å². The van der Waals surface area contributed by atoms with E-state index in [2.05, 4.69) is 10.3 Å². The maximum absolute atomic E-state index is 13.0. The normalized spacial score (nSPS) is 10.4. The third kappa shape index (κ3) is 4.80. The fourth-order valence-electron chi connectivity index (χ4n) is 2.19. The van der Waals surface area contributed by atoms with Gasteiger partial charge in [-0.05, 0) is 55.5 Å². The second-order valence-electron chi connectivity index (χ2n) is 5.29. The number of ether oxygens (including phenoxy) is 2. The Balaban J connectivity index is 1.52. The topological polar surface area (TPSA) is 60.5 Å². The van der Waals surface area contributed by atoms with Gasteiger partial charge < -0.3 is 9.47 Å². The van der Waals surface area contributed by atoms with Gasteiger partial charge in [-0.2, -0.15) is 0 Å². The molecule has 1 heterocycles. The Bertz CT molecular complexity index is 863. The van der Waals surface area contributed by atoms with Gasteiger partial charge in [0, 0.05) is 10.9 Å². The molecule has 134 valence electrons. The lowest BCUT2D eigenvalue weighted by Gasteiger charge is -2.07. The van der Waals surface area contributed by atoms with Gasteiger partial charge in [0.1, 0.15) is 17.3 Å². The predicted molar refractivity (Wildman–Crippen MR) is 99.2 cm³/mol. The van der Waals surface area contributed by atoms with Gasteiger partial charge in [-0.1, -0.05) is 0 Å². The zero-order valence-corrected chi connectivity index (χ0v) is 14.9. The van der Waals surface area contributed by atoms with E-state index in [0.717, 1.165) is 11.3 Å². The summed E-state index contributed by atoms with van der Waals surface area (Å²) in [7, 11) is 0. The number of nitrogens with one attached hydrogen (secondary N) is 1. The van der Waals surface area contributed by atoms with Crippen LogP contribution in [0.25, 0.3) is 11.3 Å². The zero-order chi connectivity index (χ0) is 18.4. The maximum Gasteiger partial charge on any atom is 0.264 e. The van der Waals surface area contributed by atoms with Crippen molar-refractivity contribution in [2.45, 2.75) is 6.92 Å². The largest absolute Gasteiger partial charge is 0.494 e. The van der Waals surface area contributed by atoms with Crippen LogP contribution in [0.3, 0.4) is 0 Å². The Morgan fingerprint density at radius 3 is 2.38 bits per heavy atom. The standard InChI is InChI=1S/C19H17FN2O3S/c1-2-24-15-7-9-16(10-8-15)25-11-18(23)22-19-21-17(12-26-19)13-3-5-14(20)6-4-13/h3-10,12H,2,11H2,1H3,(H,21,22,23). The van der Waals surface area contributed by atoms with Crippen LogP contribution in [0.5, 0.6) is 11.5 Å². The van der Waals surface area contributed by atoms with Crippen molar-refractivity contribution in [3.8, 4) is 22.8 Å². The average molecular weight is 372 g/mol. The molecule has 0 fully saturated rings. The maximum atomic E-state index is 13.0. The van der Waals surface area contributed by atoms with Crippen molar-refractivity contribution in [1.29, 1.82) is 0 Å². The lowest BCUT2D eigenvalue weighted by Crippen LogP contribution is -2.20. The Labute approximate surface area is 154 Å². The first-order chi connectivity index (χ1) is 12.6. The van der Waals surface area contributed by atoms with Gasteiger partial charge in [-0.3, -0.25) is 10.1 Å². The molecule has 0 aliphatic rings. The van der Waals surface area contributed by atoms with Crippen LogP contribution in [0.2, 0.25) is 0 Å². The SMILES string of the molecule is CCOc1ccc(OCC(=O)Nc2nc(-c3ccc(F)cc3)cs2)cc1. The Hall–Kier alpha value is -2.93. The number of aromatic nitrogens is 1. The molecule has 26 heavy (non-hydrogen) atoms. The number of rotatable bonds is 7. The minimum atomic E-state index is -0.307. The molecule has 0 radical (unpaired) electrons. The first-order valence-corrected chi connectivity index (χ1v) is 8.89. The van der Waals surface area contributed by atoms with E-state index < -0.39 is 0 Å². The number of hydrogen-bond donors (Lipinski definition) is 1. The lowest BCUT2D eigenvalue weighted by atomic mass is 10.2. The van der Waals surface area contributed by atoms with Crippen molar-refractivity contribution in [2.75, 3.05) is 18.5 Å². The van der Waals surface area contributed by atoms with E-state index in [9.17, 15) is 9.18 Å². The smallest absolute Gasteiger partial charge is 0.264 e. The van der Waals surface area contributed by atoms with E-state index in [1.54, 1.807) is 41.8 Å². The highest BCUT2D eigenvalue weighted by Crippen LogP contribution is 2.25. The number of halogens is 1. The monoisotopic (exact) mass is 372 g/mol. The number of thiazole rings is 1. The molecule has 3 aromatic rings. The van der Waals surface area contributed by atoms with Crippen LogP contribution >= 0.6 is 11.3 Å². The van der Waals surface area contributed by atoms with E-state index in [1.165, 1.54) is 23.5 Å². The molecule has 0 saturated carbocycles. The van der Waals surface area contributed by atoms with Gasteiger partial charge in [0.25, 0.3) is 5.91 Å². The van der Waals surface area contributed by atoms with E-state index in [4.69, 9.17) is 9.47 Å². The summed E-state index contributed by atoms with van der Waals surface area (Å²) in [5.74, 6) is 0.720. The molecule has 0 aliphatic carbocycles. The fourth-order valence-corrected chi connectivity index (χ4v) is 2.92. The molecule has 0 aliphatic heterocycles. The molecule has 0 unspecified atom stereocenters. The van der Waals surface area contributed by atoms with Gasteiger partial charge in [0.15, 0.2) is 11.7 Å². The number of carbonyl (C=O) groups is 1. The summed E-state index contributed by atoms with van der Waals surface area (Å²) in [6.45, 7) is 2.38. The summed E-state index contributed by atoms with van der Waals surface area (Å²) >= 11 is 1.30. The van der Waals surface area contributed by atoms with Crippen LogP contribution in [0.4, 0.5) is 9.52 Å². The molecule has 0 atom stereocenters. The Morgan fingerprint density at radius 1 is 1.08 bits per heavy atom. The highest BCUT2D eigenvalue weighted by molar-refractivity contribution is 7.14. The van der Waals surface area contributed by atoms with E-state index in [1.807, 2.05) is 6.92 Å². The molecule has 5 nitrogen and oxygen atoms in total. The van der Waals surface area contributed by atoms with Crippen LogP contribution in [-0.4, -0.2) is 24.1 Å². The zero-order valence-electron chi connectivity index (χ0n) is 14.1. The minimum absolute atomic E-state index is 0.126. The molecule has 1 aromatic heterocycles. The molecular weight excluding hydrogens is 355 g/mol. The van der Waals surface area contributed by atoms with E-state index in [-0.39, 0.29) is 18.3 Å². The van der Waals surface area contributed by atoms with Crippen LogP contribution in [0.1, 0.15) is 6.92 Å². The van der Waals surface area contributed by atoms with Gasteiger partial charge in [-0.15, -0.1) is 11.3 Å². The first kappa shape index (κ1) is 17.9. The quantitative estimate of drug-likeness (QED) is 0.669. The summed E-state index contributed by atoms with van der Waals surface area (Å²) in [4.78, 5) is 16.3. The average Bonchev–Trinajstić information content (AvgIpc) is 3.10. The predicted octanol–water partition coefficient (Wildman–Crippen LogP) is 4.37. The molecule has 7 heteroatoms. The summed E-state index contributed by atoms with van der Waals surface area (Å²) in [6, 6.07) is 13.1. The Kier molecular flexibility index (Phi) is 5.80. The third-order valence-corrected chi connectivity index (χ3v) is 4.15. The second-order valence-corrected chi connectivity index (χ2v) is 6.14. The van der Waals surface area contributed by atoms with Crippen LogP contribution in [0, 0.1) is 5.82 Å². The number of benzene rings is 2. The molecule has 0 saturated heterocycles. The highest BCUT2D eigenvalue weighted by Gasteiger charge is 2.09. The summed E-state index contributed by atoms with van der Waals surface area (Å²) in [5.41, 5.74) is 1.46. The van der Waals surface area contributed by atoms with Crippen molar-refractivity contribution in [2.24, 2.45) is 0 Å². The van der Waals surface area contributed by atoms with Crippen LogP contribution < -0.4 is 14.8 Å². The number of anilines is 1. The number of carbonyl (C=O) groups excluding carboxylic acids is 1. The molecule has 2 aromatic carbocycles. The van der Waals surface area contributed by atoms with Gasteiger partial charge in [-0.25, -0.2) is 9.37 Å². The van der Waals surface area contributed by atoms with Crippen molar-refractivity contribution in [3.05, 3.63) is 59.7 Å². The number of amides is 1. The van der Waals surface area contributed by atoms with Crippen molar-refractivity contribution in [1.82, 2.24) is 4.98 Å². The van der Waals surface area contributed by atoms with Gasteiger partial charge in [0.05, 0.1) is 12.3 Å². The van der Waals surface area contributed by atoms with E-state index >= 15 is 0 Å². The van der Waals surface area contributed by atoms with Gasteiger partial charge >= 0.3 is 0 Å². The van der Waals surface area contributed by atoms with Crippen molar-refractivity contribution >= 4 is 22.4 Å². The molecule has 1 N–H and O–H groups in total. The minimum Gasteiger partial charge on any atom is -0.494 e. The van der Waals surface area contributed by atoms with Crippen molar-refractivity contribution in [3.63, 3.8) is 0 Å². The summed E-state index contributed by atoms with van der Waals surface area (Å²) in [5, 5.41) is 4.95. The fraction of sp³-hybridized carbons (Fsp3) is 0.158. The molecule has 3 rings (SSSR count). The summed E-state index contributed by atoms with van der Waals surface area (Å²) < 4.78 is 23.8.